The minimum Gasteiger partial charge on any atom is -0.346 e. The Morgan fingerprint density at radius 3 is 2.61 bits per heavy atom. The van der Waals surface area contributed by atoms with Gasteiger partial charge in [-0.05, 0) is 31.6 Å². The van der Waals surface area contributed by atoms with Gasteiger partial charge in [0.25, 0.3) is 0 Å². The van der Waals surface area contributed by atoms with E-state index in [-0.39, 0.29) is 29.1 Å². The van der Waals surface area contributed by atoms with Crippen LogP contribution in [0.1, 0.15) is 58.8 Å². The highest BCUT2D eigenvalue weighted by atomic mass is 16.2. The van der Waals surface area contributed by atoms with Crippen molar-refractivity contribution in [1.29, 1.82) is 5.26 Å². The van der Waals surface area contributed by atoms with Gasteiger partial charge < -0.3 is 4.90 Å². The topological polar surface area (TPSA) is 61.2 Å². The van der Waals surface area contributed by atoms with Crippen LogP contribution in [-0.2, 0) is 9.59 Å². The van der Waals surface area contributed by atoms with Crippen molar-refractivity contribution in [1.82, 2.24) is 4.90 Å². The van der Waals surface area contributed by atoms with E-state index in [9.17, 15) is 9.59 Å². The summed E-state index contributed by atoms with van der Waals surface area (Å²) in [5.74, 6) is 0.602. The van der Waals surface area contributed by atoms with E-state index < -0.39 is 5.41 Å². The normalized spacial score (nSPS) is 24.7. The Kier molecular flexibility index (Phi) is 5.62. The lowest BCUT2D eigenvalue weighted by molar-refractivity contribution is -0.135. The minimum absolute atomic E-state index is 0.0529. The molecule has 0 aromatic rings. The van der Waals surface area contributed by atoms with Gasteiger partial charge in [0.2, 0.25) is 5.91 Å². The summed E-state index contributed by atoms with van der Waals surface area (Å²) in [4.78, 5) is 26.4. The average Bonchev–Trinajstić information content (AvgIpc) is 2.55. The summed E-state index contributed by atoms with van der Waals surface area (Å²) in [5.41, 5.74) is -0.191. The van der Waals surface area contributed by atoms with Crippen molar-refractivity contribution in [3.8, 4) is 6.07 Å². The summed E-state index contributed by atoms with van der Waals surface area (Å²) in [7, 11) is 1.88. The molecule has 4 heteroatoms. The lowest BCUT2D eigenvalue weighted by Crippen LogP contribution is -2.37. The van der Waals surface area contributed by atoms with Gasteiger partial charge in [0.15, 0.2) is 5.78 Å². The first-order valence-corrected chi connectivity index (χ1v) is 8.77. The monoisotopic (exact) mass is 316 g/mol. The molecule has 0 radical (unpaired) electrons. The van der Waals surface area contributed by atoms with E-state index in [1.54, 1.807) is 0 Å². The molecule has 0 aliphatic heterocycles. The van der Waals surface area contributed by atoms with Crippen LogP contribution in [-0.4, -0.2) is 30.2 Å². The zero-order chi connectivity index (χ0) is 17.0. The maximum Gasteiger partial charge on any atom is 0.225 e. The summed E-state index contributed by atoms with van der Waals surface area (Å²) in [6.07, 6.45) is 9.00. The number of rotatable bonds is 4. The highest BCUT2D eigenvalue weighted by molar-refractivity contribution is 6.03. The maximum absolute atomic E-state index is 12.5. The molecule has 0 aromatic heterocycles. The largest absolute Gasteiger partial charge is 0.346 e. The fourth-order valence-electron chi connectivity index (χ4n) is 3.89. The molecule has 2 rings (SSSR count). The van der Waals surface area contributed by atoms with Gasteiger partial charge in [-0.1, -0.05) is 39.2 Å². The van der Waals surface area contributed by atoms with Crippen LogP contribution < -0.4 is 0 Å². The SMILES string of the molecule is CN(CC[C@@H]1C=C(C#N)C(=O)C(C)(C)C1)C(=O)C1CCCCC1. The van der Waals surface area contributed by atoms with Gasteiger partial charge in [0.05, 0.1) is 5.57 Å². The van der Waals surface area contributed by atoms with Crippen molar-refractivity contribution in [2.75, 3.05) is 13.6 Å². The van der Waals surface area contributed by atoms with Crippen molar-refractivity contribution in [3.63, 3.8) is 0 Å². The fourth-order valence-corrected chi connectivity index (χ4v) is 3.89. The summed E-state index contributed by atoms with van der Waals surface area (Å²) in [6.45, 7) is 4.51. The zero-order valence-electron chi connectivity index (χ0n) is 14.6. The number of hydrogen-bond acceptors (Lipinski definition) is 3. The minimum atomic E-state index is -0.476. The van der Waals surface area contributed by atoms with Crippen molar-refractivity contribution >= 4 is 11.7 Å². The van der Waals surface area contributed by atoms with E-state index >= 15 is 0 Å². The second kappa shape index (κ2) is 7.29. The zero-order valence-corrected chi connectivity index (χ0v) is 14.6. The highest BCUT2D eigenvalue weighted by Crippen LogP contribution is 2.36. The Bertz CT molecular complexity index is 536. The van der Waals surface area contributed by atoms with Crippen molar-refractivity contribution in [3.05, 3.63) is 11.6 Å². The second-order valence-electron chi connectivity index (χ2n) is 7.75. The Morgan fingerprint density at radius 2 is 2.00 bits per heavy atom. The molecule has 0 bridgehead atoms. The van der Waals surface area contributed by atoms with Crippen LogP contribution >= 0.6 is 0 Å². The number of amides is 1. The predicted molar refractivity (Wildman–Crippen MR) is 89.4 cm³/mol. The first-order chi connectivity index (χ1) is 10.8. The van der Waals surface area contributed by atoms with Crippen LogP contribution in [0.4, 0.5) is 0 Å². The third-order valence-corrected chi connectivity index (χ3v) is 5.32. The molecule has 126 valence electrons. The average molecular weight is 316 g/mol. The Balaban J connectivity index is 1.92. The van der Waals surface area contributed by atoms with Gasteiger partial charge in [-0.2, -0.15) is 5.26 Å². The molecular weight excluding hydrogens is 288 g/mol. The maximum atomic E-state index is 12.5. The molecule has 0 aromatic carbocycles. The van der Waals surface area contributed by atoms with Crippen LogP contribution in [0.5, 0.6) is 0 Å². The number of hydrogen-bond donors (Lipinski definition) is 0. The number of nitrogens with zero attached hydrogens (tertiary/aromatic N) is 2. The molecule has 0 N–H and O–H groups in total. The predicted octanol–water partition coefficient (Wildman–Crippen LogP) is 3.48. The Hall–Kier alpha value is -1.63. The van der Waals surface area contributed by atoms with Crippen LogP contribution in [0, 0.1) is 28.6 Å². The van der Waals surface area contributed by atoms with Gasteiger partial charge in [-0.3, -0.25) is 9.59 Å². The van der Waals surface area contributed by atoms with Crippen molar-refractivity contribution in [2.45, 2.75) is 58.8 Å². The van der Waals surface area contributed by atoms with Crippen LogP contribution in [0.15, 0.2) is 11.6 Å². The smallest absolute Gasteiger partial charge is 0.225 e. The summed E-state index contributed by atoms with van der Waals surface area (Å²) in [5, 5.41) is 9.14. The lowest BCUT2D eigenvalue weighted by atomic mass is 9.71. The summed E-state index contributed by atoms with van der Waals surface area (Å²) in [6, 6.07) is 2.03. The molecule has 0 saturated heterocycles. The second-order valence-corrected chi connectivity index (χ2v) is 7.75. The van der Waals surface area contributed by atoms with Gasteiger partial charge in [-0.25, -0.2) is 0 Å². The molecule has 0 spiro atoms. The molecule has 4 nitrogen and oxygen atoms in total. The number of carbonyl (C=O) groups excluding carboxylic acids is 2. The molecule has 0 unspecified atom stereocenters. The number of ketones is 1. The fraction of sp³-hybridized carbons (Fsp3) is 0.737. The van der Waals surface area contributed by atoms with Gasteiger partial charge in [0.1, 0.15) is 6.07 Å². The number of Topliss-reactive ketones (excluding diaryl/α,β-unsaturated/α-hetero) is 1. The lowest BCUT2D eigenvalue weighted by Gasteiger charge is -2.32. The van der Waals surface area contributed by atoms with Gasteiger partial charge >= 0.3 is 0 Å². The number of allylic oxidation sites excluding steroid dienone is 2. The molecule has 0 heterocycles. The Morgan fingerprint density at radius 1 is 1.35 bits per heavy atom. The standard InChI is InChI=1S/C19H28N2O2/c1-19(2)12-14(11-16(13-20)17(19)22)9-10-21(3)18(23)15-7-5-4-6-8-15/h11,14-15H,4-10,12H2,1-3H3/t14-/m1/s1. The van der Waals surface area contributed by atoms with E-state index in [1.165, 1.54) is 6.42 Å². The quantitative estimate of drug-likeness (QED) is 0.797. The van der Waals surface area contributed by atoms with Crippen LogP contribution in [0.3, 0.4) is 0 Å². The Labute approximate surface area is 139 Å². The van der Waals surface area contributed by atoms with Crippen LogP contribution in [0.2, 0.25) is 0 Å². The van der Waals surface area contributed by atoms with E-state index in [2.05, 4.69) is 0 Å². The van der Waals surface area contributed by atoms with E-state index in [4.69, 9.17) is 5.26 Å². The first kappa shape index (κ1) is 17.7. The highest BCUT2D eigenvalue weighted by Gasteiger charge is 2.37. The van der Waals surface area contributed by atoms with Crippen molar-refractivity contribution < 1.29 is 9.59 Å². The molecule has 1 amide bonds. The van der Waals surface area contributed by atoms with Crippen molar-refractivity contribution in [2.24, 2.45) is 17.3 Å². The molecule has 1 atom stereocenters. The molecule has 2 aliphatic carbocycles. The molecule has 1 saturated carbocycles. The van der Waals surface area contributed by atoms with E-state index in [0.717, 1.165) is 38.5 Å². The summed E-state index contributed by atoms with van der Waals surface area (Å²) < 4.78 is 0. The molecule has 1 fully saturated rings. The van der Waals surface area contributed by atoms with Crippen LogP contribution in [0.25, 0.3) is 0 Å². The van der Waals surface area contributed by atoms with Gasteiger partial charge in [-0.15, -0.1) is 0 Å². The summed E-state index contributed by atoms with van der Waals surface area (Å²) >= 11 is 0. The van der Waals surface area contributed by atoms with Gasteiger partial charge in [0, 0.05) is 24.9 Å². The number of carbonyl (C=O) groups is 2. The van der Waals surface area contributed by atoms with E-state index in [1.807, 2.05) is 37.9 Å². The van der Waals surface area contributed by atoms with E-state index in [0.29, 0.717) is 6.54 Å². The molecule has 23 heavy (non-hydrogen) atoms. The molecular formula is C19H28N2O2. The third kappa shape index (κ3) is 4.22. The first-order valence-electron chi connectivity index (χ1n) is 8.77. The number of nitriles is 1. The third-order valence-electron chi connectivity index (χ3n) is 5.32. The molecule has 2 aliphatic rings.